The predicted octanol–water partition coefficient (Wildman–Crippen LogP) is 3.14. The summed E-state index contributed by atoms with van der Waals surface area (Å²) in [5, 5.41) is 6.76. The van der Waals surface area contributed by atoms with Gasteiger partial charge >= 0.3 is 0 Å². The molecule has 1 amide bonds. The van der Waals surface area contributed by atoms with Crippen molar-refractivity contribution < 1.29 is 9.53 Å². The number of amides is 1. The van der Waals surface area contributed by atoms with E-state index in [0.29, 0.717) is 42.8 Å². The molecule has 8 heteroatoms. The third kappa shape index (κ3) is 5.38. The molecule has 1 saturated carbocycles. The van der Waals surface area contributed by atoms with Gasteiger partial charge < -0.3 is 26.8 Å². The molecule has 1 aliphatic rings. The number of nitrogens with two attached hydrogens (primary N) is 2. The van der Waals surface area contributed by atoms with E-state index >= 15 is 0 Å². The standard InChI is InChI=1S/C22H32N6O2/c1-3-18-21(25-15-7-5-4-6-8-15)28-22(19(27-18)20(24)29)26-16-11-14(9-10-23)12-17(13-16)30-2/h11-13,15H,3-10,23H2,1-2H3,(H2,24,29)(H2,25,26,28). The van der Waals surface area contributed by atoms with Crippen LogP contribution in [-0.4, -0.2) is 35.6 Å². The summed E-state index contributed by atoms with van der Waals surface area (Å²) in [5.41, 5.74) is 14.0. The van der Waals surface area contributed by atoms with E-state index in [1.165, 1.54) is 19.3 Å². The number of hydrogen-bond acceptors (Lipinski definition) is 7. The van der Waals surface area contributed by atoms with Crippen molar-refractivity contribution in [3.63, 3.8) is 0 Å². The Balaban J connectivity index is 1.96. The van der Waals surface area contributed by atoms with Crippen LogP contribution in [0.5, 0.6) is 5.75 Å². The van der Waals surface area contributed by atoms with Crippen LogP contribution in [0.1, 0.15) is 60.8 Å². The molecule has 8 nitrogen and oxygen atoms in total. The minimum atomic E-state index is -0.617. The lowest BCUT2D eigenvalue weighted by Crippen LogP contribution is -2.25. The van der Waals surface area contributed by atoms with Crippen LogP contribution in [0.2, 0.25) is 0 Å². The summed E-state index contributed by atoms with van der Waals surface area (Å²) in [6.45, 7) is 2.52. The molecule has 1 fully saturated rings. The van der Waals surface area contributed by atoms with Gasteiger partial charge in [0.2, 0.25) is 0 Å². The van der Waals surface area contributed by atoms with Gasteiger partial charge in [0, 0.05) is 17.8 Å². The van der Waals surface area contributed by atoms with Gasteiger partial charge in [-0.3, -0.25) is 4.79 Å². The Labute approximate surface area is 177 Å². The van der Waals surface area contributed by atoms with Crippen LogP contribution in [0.25, 0.3) is 0 Å². The number of methoxy groups -OCH3 is 1. The molecule has 0 aliphatic heterocycles. The molecule has 1 heterocycles. The molecule has 30 heavy (non-hydrogen) atoms. The molecular formula is C22H32N6O2. The first-order valence-corrected chi connectivity index (χ1v) is 10.7. The van der Waals surface area contributed by atoms with Crippen LogP contribution in [0.3, 0.4) is 0 Å². The van der Waals surface area contributed by atoms with Crippen LogP contribution in [-0.2, 0) is 12.8 Å². The van der Waals surface area contributed by atoms with Gasteiger partial charge in [0.25, 0.3) is 5.91 Å². The van der Waals surface area contributed by atoms with E-state index in [9.17, 15) is 4.79 Å². The van der Waals surface area contributed by atoms with Crippen LogP contribution < -0.4 is 26.8 Å². The Morgan fingerprint density at radius 2 is 1.93 bits per heavy atom. The van der Waals surface area contributed by atoms with Crippen molar-refractivity contribution in [3.05, 3.63) is 35.2 Å². The summed E-state index contributed by atoms with van der Waals surface area (Å²) in [7, 11) is 1.61. The van der Waals surface area contributed by atoms with E-state index in [1.807, 2.05) is 25.1 Å². The number of anilines is 3. The number of benzene rings is 1. The van der Waals surface area contributed by atoms with Crippen molar-refractivity contribution in [1.82, 2.24) is 9.97 Å². The quantitative estimate of drug-likeness (QED) is 0.498. The van der Waals surface area contributed by atoms with E-state index in [0.717, 1.165) is 29.8 Å². The summed E-state index contributed by atoms with van der Waals surface area (Å²) in [5.74, 6) is 1.13. The highest BCUT2D eigenvalue weighted by Crippen LogP contribution is 2.28. The topological polar surface area (TPSA) is 128 Å². The monoisotopic (exact) mass is 412 g/mol. The maximum Gasteiger partial charge on any atom is 0.271 e. The second-order valence-electron chi connectivity index (χ2n) is 7.65. The van der Waals surface area contributed by atoms with E-state index in [-0.39, 0.29) is 5.69 Å². The second kappa shape index (κ2) is 10.2. The van der Waals surface area contributed by atoms with Gasteiger partial charge in [0.05, 0.1) is 12.8 Å². The Hall–Kier alpha value is -2.87. The third-order valence-electron chi connectivity index (χ3n) is 5.38. The minimum Gasteiger partial charge on any atom is -0.497 e. The average Bonchev–Trinajstić information content (AvgIpc) is 2.74. The van der Waals surface area contributed by atoms with Gasteiger partial charge in [-0.05, 0) is 49.9 Å². The van der Waals surface area contributed by atoms with Crippen molar-refractivity contribution in [1.29, 1.82) is 0 Å². The van der Waals surface area contributed by atoms with Crippen molar-refractivity contribution in [3.8, 4) is 5.75 Å². The molecule has 0 unspecified atom stereocenters. The first kappa shape index (κ1) is 21.8. The maximum atomic E-state index is 12.1. The summed E-state index contributed by atoms with van der Waals surface area (Å²) in [4.78, 5) is 21.4. The van der Waals surface area contributed by atoms with E-state index in [4.69, 9.17) is 21.2 Å². The smallest absolute Gasteiger partial charge is 0.271 e. The molecule has 1 aromatic carbocycles. The number of primary amides is 1. The highest BCUT2D eigenvalue weighted by atomic mass is 16.5. The Morgan fingerprint density at radius 3 is 2.57 bits per heavy atom. The Morgan fingerprint density at radius 1 is 1.17 bits per heavy atom. The molecular weight excluding hydrogens is 380 g/mol. The summed E-state index contributed by atoms with van der Waals surface area (Å²) in [6.07, 6.45) is 7.30. The van der Waals surface area contributed by atoms with Crippen molar-refractivity contribution in [2.75, 3.05) is 24.3 Å². The summed E-state index contributed by atoms with van der Waals surface area (Å²) in [6, 6.07) is 6.12. The number of aromatic nitrogens is 2. The molecule has 1 aliphatic carbocycles. The fourth-order valence-corrected chi connectivity index (χ4v) is 3.83. The Kier molecular flexibility index (Phi) is 7.46. The van der Waals surface area contributed by atoms with E-state index in [2.05, 4.69) is 15.6 Å². The highest BCUT2D eigenvalue weighted by Gasteiger charge is 2.20. The number of carbonyl (C=O) groups is 1. The van der Waals surface area contributed by atoms with Crippen molar-refractivity contribution >= 4 is 23.2 Å². The first-order chi connectivity index (χ1) is 14.5. The number of hydrogen-bond donors (Lipinski definition) is 4. The number of nitrogens with one attached hydrogen (secondary N) is 2. The molecule has 3 rings (SSSR count). The summed E-state index contributed by atoms with van der Waals surface area (Å²) >= 11 is 0. The number of aryl methyl sites for hydroxylation is 1. The fraction of sp³-hybridized carbons (Fsp3) is 0.500. The van der Waals surface area contributed by atoms with Gasteiger partial charge in [0.1, 0.15) is 11.6 Å². The van der Waals surface area contributed by atoms with Gasteiger partial charge in [-0.25, -0.2) is 9.97 Å². The molecule has 162 valence electrons. The summed E-state index contributed by atoms with van der Waals surface area (Å²) < 4.78 is 5.40. The molecule has 0 atom stereocenters. The van der Waals surface area contributed by atoms with Crippen LogP contribution in [0.15, 0.2) is 18.2 Å². The minimum absolute atomic E-state index is 0.129. The largest absolute Gasteiger partial charge is 0.497 e. The third-order valence-corrected chi connectivity index (χ3v) is 5.38. The van der Waals surface area contributed by atoms with E-state index < -0.39 is 5.91 Å². The van der Waals surface area contributed by atoms with Crippen LogP contribution >= 0.6 is 0 Å². The van der Waals surface area contributed by atoms with Gasteiger partial charge in [-0.15, -0.1) is 0 Å². The van der Waals surface area contributed by atoms with Gasteiger partial charge in [-0.1, -0.05) is 26.2 Å². The highest BCUT2D eigenvalue weighted by molar-refractivity contribution is 5.96. The number of ether oxygens (including phenoxy) is 1. The molecule has 6 N–H and O–H groups in total. The van der Waals surface area contributed by atoms with Gasteiger partial charge in [0.15, 0.2) is 11.5 Å². The lowest BCUT2D eigenvalue weighted by Gasteiger charge is -2.25. The second-order valence-corrected chi connectivity index (χ2v) is 7.65. The number of carbonyl (C=O) groups excluding carboxylic acids is 1. The maximum absolute atomic E-state index is 12.1. The van der Waals surface area contributed by atoms with E-state index in [1.54, 1.807) is 7.11 Å². The molecule has 0 bridgehead atoms. The molecule has 0 saturated heterocycles. The molecule has 0 radical (unpaired) electrons. The lowest BCUT2D eigenvalue weighted by atomic mass is 9.95. The molecule has 0 spiro atoms. The zero-order valence-corrected chi connectivity index (χ0v) is 17.8. The zero-order valence-electron chi connectivity index (χ0n) is 17.8. The number of rotatable bonds is 9. The first-order valence-electron chi connectivity index (χ1n) is 10.7. The Bertz CT molecular complexity index is 880. The zero-order chi connectivity index (χ0) is 21.5. The van der Waals surface area contributed by atoms with Crippen molar-refractivity contribution in [2.45, 2.75) is 57.9 Å². The lowest BCUT2D eigenvalue weighted by molar-refractivity contribution is 0.0996. The fourth-order valence-electron chi connectivity index (χ4n) is 3.83. The van der Waals surface area contributed by atoms with Crippen LogP contribution in [0.4, 0.5) is 17.3 Å². The predicted molar refractivity (Wildman–Crippen MR) is 119 cm³/mol. The molecule has 1 aromatic heterocycles. The molecule has 2 aromatic rings. The van der Waals surface area contributed by atoms with Crippen molar-refractivity contribution in [2.24, 2.45) is 11.5 Å². The average molecular weight is 413 g/mol. The normalized spacial score (nSPS) is 14.4. The number of nitrogens with zero attached hydrogens (tertiary/aromatic N) is 2. The van der Waals surface area contributed by atoms with Gasteiger partial charge in [-0.2, -0.15) is 0 Å². The SMILES string of the molecule is CCc1nc(C(N)=O)c(Nc2cc(CCN)cc(OC)c2)nc1NC1CCCCC1. The van der Waals surface area contributed by atoms with Crippen LogP contribution in [0, 0.1) is 0 Å².